The normalized spacial score (nSPS) is 25.8. The van der Waals surface area contributed by atoms with Crippen LogP contribution in [0.2, 0.25) is 0 Å². The zero-order valence-corrected chi connectivity index (χ0v) is 13.1. The van der Waals surface area contributed by atoms with Crippen LogP contribution >= 0.6 is 0 Å². The topological polar surface area (TPSA) is 34.0 Å². The molecule has 0 amide bonds. The molecule has 116 valence electrons. The smallest absolute Gasteiger partial charge is 0.137 e. The molecule has 0 N–H and O–H groups in total. The largest absolute Gasteiger partial charge is 0.296 e. The van der Waals surface area contributed by atoms with Crippen molar-refractivity contribution in [1.29, 1.82) is 0 Å². The molecule has 1 fully saturated rings. The van der Waals surface area contributed by atoms with Crippen LogP contribution in [0, 0.1) is 5.92 Å². The highest BCUT2D eigenvalue weighted by Crippen LogP contribution is 2.36. The van der Waals surface area contributed by atoms with Crippen molar-refractivity contribution in [3.63, 3.8) is 0 Å². The first-order valence-corrected chi connectivity index (χ1v) is 8.54. The van der Waals surface area contributed by atoms with Gasteiger partial charge in [0.15, 0.2) is 0 Å². The Bertz CT molecular complexity index is 607. The molecule has 2 atom stereocenters. The summed E-state index contributed by atoms with van der Waals surface area (Å²) in [6, 6.07) is 9.68. The molecule has 4 heteroatoms. The summed E-state index contributed by atoms with van der Waals surface area (Å²) in [6.07, 6.45) is 9.98. The number of likely N-dealkylation sites (tertiary alicyclic amines) is 1. The molecule has 4 nitrogen and oxygen atoms in total. The molecule has 2 aliphatic rings. The van der Waals surface area contributed by atoms with E-state index in [0.717, 1.165) is 6.54 Å². The molecule has 1 aromatic carbocycles. The predicted molar refractivity (Wildman–Crippen MR) is 86.4 cm³/mol. The van der Waals surface area contributed by atoms with E-state index in [1.54, 1.807) is 17.5 Å². The van der Waals surface area contributed by atoms with Crippen molar-refractivity contribution in [2.75, 3.05) is 13.1 Å². The minimum absolute atomic E-state index is 0.628. The second-order valence-corrected chi connectivity index (χ2v) is 6.73. The molecule has 0 bridgehead atoms. The van der Waals surface area contributed by atoms with Crippen molar-refractivity contribution < 1.29 is 0 Å². The summed E-state index contributed by atoms with van der Waals surface area (Å²) in [7, 11) is 0. The Balaban J connectivity index is 1.48. The van der Waals surface area contributed by atoms with E-state index in [4.69, 9.17) is 0 Å². The summed E-state index contributed by atoms with van der Waals surface area (Å²) in [5, 5.41) is 4.27. The molecule has 1 aliphatic heterocycles. The highest BCUT2D eigenvalue weighted by atomic mass is 15.3. The van der Waals surface area contributed by atoms with Crippen LogP contribution < -0.4 is 0 Å². The van der Waals surface area contributed by atoms with Crippen LogP contribution in [-0.4, -0.2) is 32.8 Å². The number of rotatable bonds is 3. The number of piperidine rings is 1. The van der Waals surface area contributed by atoms with Gasteiger partial charge >= 0.3 is 0 Å². The molecule has 0 radical (unpaired) electrons. The molecular weight excluding hydrogens is 272 g/mol. The summed E-state index contributed by atoms with van der Waals surface area (Å²) >= 11 is 0. The number of hydrogen-bond donors (Lipinski definition) is 0. The summed E-state index contributed by atoms with van der Waals surface area (Å²) in [5.74, 6) is 0.699. The van der Waals surface area contributed by atoms with Crippen molar-refractivity contribution in [1.82, 2.24) is 19.7 Å². The number of hydrogen-bond acceptors (Lipinski definition) is 3. The highest BCUT2D eigenvalue weighted by Gasteiger charge is 2.29. The Kier molecular flexibility index (Phi) is 3.94. The van der Waals surface area contributed by atoms with Gasteiger partial charge in [0.25, 0.3) is 0 Å². The van der Waals surface area contributed by atoms with Gasteiger partial charge in [0.2, 0.25) is 0 Å². The monoisotopic (exact) mass is 296 g/mol. The number of aryl methyl sites for hydroxylation is 1. The predicted octanol–water partition coefficient (Wildman–Crippen LogP) is 3.07. The van der Waals surface area contributed by atoms with Gasteiger partial charge in [-0.1, -0.05) is 24.3 Å². The second kappa shape index (κ2) is 6.21. The fraction of sp³-hybridized carbons (Fsp3) is 0.556. The van der Waals surface area contributed by atoms with Gasteiger partial charge in [0.05, 0.1) is 0 Å². The van der Waals surface area contributed by atoms with E-state index in [1.165, 1.54) is 45.2 Å². The fourth-order valence-corrected chi connectivity index (χ4v) is 4.23. The van der Waals surface area contributed by atoms with Crippen LogP contribution in [0.4, 0.5) is 0 Å². The Morgan fingerprint density at radius 2 is 2.09 bits per heavy atom. The zero-order chi connectivity index (χ0) is 14.8. The lowest BCUT2D eigenvalue weighted by Crippen LogP contribution is -2.40. The van der Waals surface area contributed by atoms with E-state index in [1.807, 2.05) is 11.0 Å². The van der Waals surface area contributed by atoms with Gasteiger partial charge in [-0.2, -0.15) is 5.10 Å². The number of fused-ring (bicyclic) bond motifs is 1. The fourth-order valence-electron chi connectivity index (χ4n) is 4.23. The lowest BCUT2D eigenvalue weighted by molar-refractivity contribution is 0.103. The summed E-state index contributed by atoms with van der Waals surface area (Å²) in [5.41, 5.74) is 3.15. The minimum atomic E-state index is 0.628. The standard InChI is InChI=1S/C18H24N4/c1-2-8-17-16(6-1)7-3-9-18(17)21-10-4-5-15(11-21)12-22-14-19-13-20-22/h1-2,6,8,13-15,18H,3-5,7,9-12H2. The van der Waals surface area contributed by atoms with Crippen molar-refractivity contribution in [3.05, 3.63) is 48.0 Å². The Morgan fingerprint density at radius 1 is 1.14 bits per heavy atom. The third kappa shape index (κ3) is 2.80. The van der Waals surface area contributed by atoms with E-state index in [2.05, 4.69) is 39.2 Å². The van der Waals surface area contributed by atoms with Crippen molar-refractivity contribution in [3.8, 4) is 0 Å². The molecule has 2 heterocycles. The lowest BCUT2D eigenvalue weighted by atomic mass is 9.85. The Morgan fingerprint density at radius 3 is 3.00 bits per heavy atom. The summed E-state index contributed by atoms with van der Waals surface area (Å²) < 4.78 is 1.99. The number of benzene rings is 1. The number of nitrogens with zero attached hydrogens (tertiary/aromatic N) is 4. The maximum absolute atomic E-state index is 4.27. The van der Waals surface area contributed by atoms with E-state index >= 15 is 0 Å². The molecule has 0 saturated carbocycles. The van der Waals surface area contributed by atoms with Crippen LogP contribution in [0.3, 0.4) is 0 Å². The molecular formula is C18H24N4. The Labute approximate surface area is 132 Å². The maximum atomic E-state index is 4.27. The van der Waals surface area contributed by atoms with Crippen LogP contribution in [0.5, 0.6) is 0 Å². The van der Waals surface area contributed by atoms with E-state index in [9.17, 15) is 0 Å². The average molecular weight is 296 g/mol. The van der Waals surface area contributed by atoms with E-state index in [0.29, 0.717) is 12.0 Å². The Hall–Kier alpha value is -1.68. The number of aromatic nitrogens is 3. The van der Waals surface area contributed by atoms with Gasteiger partial charge in [-0.25, -0.2) is 4.98 Å². The quantitative estimate of drug-likeness (QED) is 0.873. The van der Waals surface area contributed by atoms with Crippen LogP contribution in [0.1, 0.15) is 42.9 Å². The van der Waals surface area contributed by atoms with Gasteiger partial charge in [-0.3, -0.25) is 9.58 Å². The molecule has 4 rings (SSSR count). The van der Waals surface area contributed by atoms with E-state index < -0.39 is 0 Å². The first-order chi connectivity index (χ1) is 10.9. The van der Waals surface area contributed by atoms with E-state index in [-0.39, 0.29) is 0 Å². The molecule has 2 aromatic rings. The highest BCUT2D eigenvalue weighted by molar-refractivity contribution is 5.32. The molecule has 22 heavy (non-hydrogen) atoms. The molecule has 0 spiro atoms. The third-order valence-corrected chi connectivity index (χ3v) is 5.24. The first kappa shape index (κ1) is 13.9. The van der Waals surface area contributed by atoms with Crippen molar-refractivity contribution >= 4 is 0 Å². The van der Waals surface area contributed by atoms with Gasteiger partial charge in [-0.15, -0.1) is 0 Å². The van der Waals surface area contributed by atoms with Crippen LogP contribution in [-0.2, 0) is 13.0 Å². The van der Waals surface area contributed by atoms with Crippen molar-refractivity contribution in [2.45, 2.75) is 44.7 Å². The molecule has 1 saturated heterocycles. The average Bonchev–Trinajstić information content (AvgIpc) is 3.07. The summed E-state index contributed by atoms with van der Waals surface area (Å²) in [4.78, 5) is 6.79. The maximum Gasteiger partial charge on any atom is 0.137 e. The molecule has 1 aliphatic carbocycles. The van der Waals surface area contributed by atoms with Gasteiger partial charge < -0.3 is 0 Å². The van der Waals surface area contributed by atoms with Gasteiger partial charge in [-0.05, 0) is 55.7 Å². The van der Waals surface area contributed by atoms with Gasteiger partial charge in [0, 0.05) is 19.1 Å². The molecule has 2 unspecified atom stereocenters. The minimum Gasteiger partial charge on any atom is -0.296 e. The second-order valence-electron chi connectivity index (χ2n) is 6.73. The summed E-state index contributed by atoms with van der Waals surface area (Å²) in [6.45, 7) is 3.44. The van der Waals surface area contributed by atoms with Gasteiger partial charge in [0.1, 0.15) is 12.7 Å². The molecule has 1 aromatic heterocycles. The van der Waals surface area contributed by atoms with Crippen molar-refractivity contribution in [2.24, 2.45) is 5.92 Å². The first-order valence-electron chi connectivity index (χ1n) is 8.54. The zero-order valence-electron chi connectivity index (χ0n) is 13.1. The van der Waals surface area contributed by atoms with Crippen LogP contribution in [0.15, 0.2) is 36.9 Å². The SMILES string of the molecule is c1ccc2c(c1)CCCC2N1CCCC(Cn2cncn2)C1. The lowest BCUT2D eigenvalue weighted by Gasteiger charge is -2.41. The third-order valence-electron chi connectivity index (χ3n) is 5.24. The van der Waals surface area contributed by atoms with Crippen LogP contribution in [0.25, 0.3) is 0 Å².